The van der Waals surface area contributed by atoms with Gasteiger partial charge in [0, 0.05) is 25.3 Å². The Hall–Kier alpha value is -1.38. The Morgan fingerprint density at radius 3 is 2.88 bits per heavy atom. The zero-order chi connectivity index (χ0) is 16.9. The van der Waals surface area contributed by atoms with Gasteiger partial charge in [-0.05, 0) is 59.3 Å². The van der Waals surface area contributed by atoms with Crippen LogP contribution in [0.5, 0.6) is 0 Å². The van der Waals surface area contributed by atoms with Crippen LogP contribution < -0.4 is 5.32 Å². The molecule has 0 unspecified atom stereocenters. The van der Waals surface area contributed by atoms with Gasteiger partial charge in [0.2, 0.25) is 0 Å². The number of hydrogen-bond acceptors (Lipinski definition) is 4. The number of amides is 1. The summed E-state index contributed by atoms with van der Waals surface area (Å²) in [5, 5.41) is 5.02. The lowest BCUT2D eigenvalue weighted by molar-refractivity contribution is 0.102. The van der Waals surface area contributed by atoms with Gasteiger partial charge in [-0.25, -0.2) is 4.98 Å². The van der Waals surface area contributed by atoms with Crippen LogP contribution in [0.3, 0.4) is 0 Å². The number of nitrogens with zero attached hydrogens (tertiary/aromatic N) is 1. The maximum absolute atomic E-state index is 12.7. The van der Waals surface area contributed by atoms with E-state index in [0.29, 0.717) is 5.56 Å². The number of thiazole rings is 1. The van der Waals surface area contributed by atoms with E-state index in [1.54, 1.807) is 23.1 Å². The third-order valence-corrected chi connectivity index (χ3v) is 6.32. The standard InChI is InChI=1S/C18H15IN2OS2/c1-12-6-7-13(8-16(12)19)21-18(22)15-4-2-3-5-17(15)24-10-14-9-23-11-20-14/h2-9,11H,10H2,1H3,(H,21,22). The van der Waals surface area contributed by atoms with Crippen molar-refractivity contribution in [1.29, 1.82) is 0 Å². The number of anilines is 1. The predicted molar refractivity (Wildman–Crippen MR) is 110 cm³/mol. The maximum atomic E-state index is 12.7. The Balaban J connectivity index is 1.75. The van der Waals surface area contributed by atoms with E-state index in [2.05, 4.69) is 39.8 Å². The summed E-state index contributed by atoms with van der Waals surface area (Å²) in [6, 6.07) is 13.6. The third-order valence-electron chi connectivity index (χ3n) is 3.42. The molecule has 0 saturated heterocycles. The Morgan fingerprint density at radius 1 is 1.29 bits per heavy atom. The van der Waals surface area contributed by atoms with Crippen LogP contribution in [0, 0.1) is 10.5 Å². The first-order valence-electron chi connectivity index (χ1n) is 7.30. The van der Waals surface area contributed by atoms with Crippen molar-refractivity contribution < 1.29 is 4.79 Å². The van der Waals surface area contributed by atoms with E-state index in [1.807, 2.05) is 53.4 Å². The van der Waals surface area contributed by atoms with Crippen LogP contribution in [0.4, 0.5) is 5.69 Å². The highest BCUT2D eigenvalue weighted by molar-refractivity contribution is 14.1. The molecule has 3 aromatic rings. The fourth-order valence-corrected chi connectivity index (χ4v) is 4.24. The molecule has 6 heteroatoms. The topological polar surface area (TPSA) is 42.0 Å². The second-order valence-corrected chi connectivity index (χ2v) is 8.08. The average molecular weight is 466 g/mol. The summed E-state index contributed by atoms with van der Waals surface area (Å²) >= 11 is 5.49. The largest absolute Gasteiger partial charge is 0.322 e. The number of carbonyl (C=O) groups excluding carboxylic acids is 1. The molecule has 0 fully saturated rings. The summed E-state index contributed by atoms with van der Waals surface area (Å²) in [5.41, 5.74) is 5.57. The minimum absolute atomic E-state index is 0.0870. The third kappa shape index (κ3) is 4.37. The number of halogens is 1. The van der Waals surface area contributed by atoms with Crippen LogP contribution in [0.1, 0.15) is 21.6 Å². The fraction of sp³-hybridized carbons (Fsp3) is 0.111. The van der Waals surface area contributed by atoms with Gasteiger partial charge in [0.1, 0.15) is 0 Å². The molecular weight excluding hydrogens is 451 g/mol. The molecular formula is C18H15IN2OS2. The normalized spacial score (nSPS) is 10.6. The maximum Gasteiger partial charge on any atom is 0.256 e. The number of rotatable bonds is 5. The van der Waals surface area contributed by atoms with E-state index in [-0.39, 0.29) is 5.91 Å². The van der Waals surface area contributed by atoms with Crippen molar-refractivity contribution in [2.24, 2.45) is 0 Å². The highest BCUT2D eigenvalue weighted by Crippen LogP contribution is 2.27. The van der Waals surface area contributed by atoms with Crippen molar-refractivity contribution in [3.8, 4) is 0 Å². The van der Waals surface area contributed by atoms with Gasteiger partial charge < -0.3 is 5.32 Å². The van der Waals surface area contributed by atoms with Crippen LogP contribution in [-0.2, 0) is 5.75 Å². The van der Waals surface area contributed by atoms with Crippen LogP contribution in [0.15, 0.2) is 58.3 Å². The van der Waals surface area contributed by atoms with Crippen molar-refractivity contribution in [2.45, 2.75) is 17.6 Å². The zero-order valence-corrected chi connectivity index (χ0v) is 16.7. The van der Waals surface area contributed by atoms with E-state index in [9.17, 15) is 4.79 Å². The predicted octanol–water partition coefficient (Wildman–Crippen LogP) is 5.60. The number of aromatic nitrogens is 1. The van der Waals surface area contributed by atoms with Gasteiger partial charge in [-0.15, -0.1) is 23.1 Å². The molecule has 1 heterocycles. The highest BCUT2D eigenvalue weighted by atomic mass is 127. The van der Waals surface area contributed by atoms with E-state index in [4.69, 9.17) is 0 Å². The van der Waals surface area contributed by atoms with Crippen molar-refractivity contribution >= 4 is 57.3 Å². The molecule has 3 rings (SSSR count). The summed E-state index contributed by atoms with van der Waals surface area (Å²) in [7, 11) is 0. The van der Waals surface area contributed by atoms with Crippen molar-refractivity contribution in [3.63, 3.8) is 0 Å². The first-order chi connectivity index (χ1) is 11.6. The SMILES string of the molecule is Cc1ccc(NC(=O)c2ccccc2SCc2cscn2)cc1I. The van der Waals surface area contributed by atoms with Crippen LogP contribution >= 0.6 is 45.7 Å². The molecule has 0 radical (unpaired) electrons. The molecule has 0 bridgehead atoms. The molecule has 24 heavy (non-hydrogen) atoms. The van der Waals surface area contributed by atoms with E-state index >= 15 is 0 Å². The number of nitrogens with one attached hydrogen (secondary N) is 1. The molecule has 0 aliphatic heterocycles. The molecule has 122 valence electrons. The minimum atomic E-state index is -0.0870. The lowest BCUT2D eigenvalue weighted by Gasteiger charge is -2.10. The van der Waals surface area contributed by atoms with Gasteiger partial charge >= 0.3 is 0 Å². The van der Waals surface area contributed by atoms with Gasteiger partial charge in [-0.3, -0.25) is 4.79 Å². The van der Waals surface area contributed by atoms with Gasteiger partial charge in [0.05, 0.1) is 16.8 Å². The number of aryl methyl sites for hydroxylation is 1. The molecule has 0 saturated carbocycles. The van der Waals surface area contributed by atoms with Crippen molar-refractivity contribution in [3.05, 3.63) is 73.7 Å². The lowest BCUT2D eigenvalue weighted by atomic mass is 10.2. The molecule has 2 aromatic carbocycles. The fourth-order valence-electron chi connectivity index (χ4n) is 2.11. The first kappa shape index (κ1) is 17.4. The van der Waals surface area contributed by atoms with E-state index in [1.165, 1.54) is 5.56 Å². The molecule has 1 aromatic heterocycles. The minimum Gasteiger partial charge on any atom is -0.322 e. The summed E-state index contributed by atoms with van der Waals surface area (Å²) < 4.78 is 1.14. The molecule has 1 N–H and O–H groups in total. The zero-order valence-electron chi connectivity index (χ0n) is 13.0. The van der Waals surface area contributed by atoms with Gasteiger partial charge in [-0.2, -0.15) is 0 Å². The summed E-state index contributed by atoms with van der Waals surface area (Å²) in [6.45, 7) is 2.05. The average Bonchev–Trinajstić information content (AvgIpc) is 3.10. The molecule has 0 spiro atoms. The van der Waals surface area contributed by atoms with Gasteiger partial charge in [0.25, 0.3) is 5.91 Å². The smallest absolute Gasteiger partial charge is 0.256 e. The monoisotopic (exact) mass is 466 g/mol. The summed E-state index contributed by atoms with van der Waals surface area (Å²) in [5.74, 6) is 0.673. The highest BCUT2D eigenvalue weighted by Gasteiger charge is 2.12. The van der Waals surface area contributed by atoms with Gasteiger partial charge in [0.15, 0.2) is 0 Å². The van der Waals surface area contributed by atoms with Gasteiger partial charge in [-0.1, -0.05) is 18.2 Å². The number of benzene rings is 2. The van der Waals surface area contributed by atoms with E-state index < -0.39 is 0 Å². The van der Waals surface area contributed by atoms with Crippen LogP contribution in [-0.4, -0.2) is 10.9 Å². The Labute approximate surface area is 163 Å². The summed E-state index contributed by atoms with van der Waals surface area (Å²) in [6.07, 6.45) is 0. The lowest BCUT2D eigenvalue weighted by Crippen LogP contribution is -2.13. The second-order valence-electron chi connectivity index (χ2n) is 5.18. The van der Waals surface area contributed by atoms with Crippen molar-refractivity contribution in [2.75, 3.05) is 5.32 Å². The first-order valence-corrected chi connectivity index (χ1v) is 10.3. The van der Waals surface area contributed by atoms with Crippen molar-refractivity contribution in [1.82, 2.24) is 4.98 Å². The number of hydrogen-bond donors (Lipinski definition) is 1. The summed E-state index contributed by atoms with van der Waals surface area (Å²) in [4.78, 5) is 17.9. The molecule has 1 amide bonds. The Kier molecular flexibility index (Phi) is 5.91. The molecule has 0 atom stereocenters. The van der Waals surface area contributed by atoms with E-state index in [0.717, 1.165) is 25.6 Å². The molecule has 3 nitrogen and oxygen atoms in total. The molecule has 0 aliphatic carbocycles. The number of thioether (sulfide) groups is 1. The van der Waals surface area contributed by atoms with Crippen LogP contribution in [0.2, 0.25) is 0 Å². The Bertz CT molecular complexity index is 850. The number of carbonyl (C=O) groups is 1. The second kappa shape index (κ2) is 8.13. The quantitative estimate of drug-likeness (QED) is 0.393. The van der Waals surface area contributed by atoms with Crippen LogP contribution in [0.25, 0.3) is 0 Å². The Morgan fingerprint density at radius 2 is 2.12 bits per heavy atom. The molecule has 0 aliphatic rings.